The Morgan fingerprint density at radius 2 is 2.07 bits per heavy atom. The summed E-state index contributed by atoms with van der Waals surface area (Å²) in [6.45, 7) is 3.60. The predicted octanol–water partition coefficient (Wildman–Crippen LogP) is 4.20. The zero-order valence-corrected chi connectivity index (χ0v) is 17.5. The number of fused-ring (bicyclic) bond motifs is 1. The van der Waals surface area contributed by atoms with Crippen LogP contribution < -0.4 is 16.4 Å². The van der Waals surface area contributed by atoms with Crippen LogP contribution in [-0.2, 0) is 6.54 Å². The van der Waals surface area contributed by atoms with Crippen LogP contribution in [0.3, 0.4) is 0 Å². The zero-order valence-electron chi connectivity index (χ0n) is 16.6. The van der Waals surface area contributed by atoms with Crippen molar-refractivity contribution >= 4 is 39.5 Å². The second-order valence-corrected chi connectivity index (χ2v) is 8.60. The lowest BCUT2D eigenvalue weighted by atomic mass is 9.97. The van der Waals surface area contributed by atoms with Gasteiger partial charge in [-0.2, -0.15) is 0 Å². The number of nitrogen functional groups attached to an aromatic ring is 1. The van der Waals surface area contributed by atoms with Crippen LogP contribution in [0.4, 0.5) is 11.5 Å². The number of aromatic nitrogens is 1. The standard InChI is InChI=1S/C22H27N5OS.CH4/c1-27-9-7-15(8-10-27)12-24-21-20(29-14-26-21)22(28)25-13-16-5-6-18-17(11-16)3-2-4-19(18)23;/h2-6,11,14-15,24H,7-10,12-13,23H2,1H3,(H,25,28);1H4. The number of carbonyl (C=O) groups is 1. The van der Waals surface area contributed by atoms with Gasteiger partial charge in [-0.15, -0.1) is 11.3 Å². The molecular formula is C23H31N5OS. The molecule has 6 nitrogen and oxygen atoms in total. The Kier molecular flexibility index (Phi) is 7.29. The lowest BCUT2D eigenvalue weighted by Crippen LogP contribution is -2.33. The molecule has 0 aliphatic carbocycles. The first kappa shape index (κ1) is 22.1. The van der Waals surface area contributed by atoms with Crippen LogP contribution in [0.25, 0.3) is 10.8 Å². The van der Waals surface area contributed by atoms with E-state index < -0.39 is 0 Å². The third-order valence-corrected chi connectivity index (χ3v) is 6.43. The normalized spacial score (nSPS) is 15.0. The second kappa shape index (κ2) is 9.91. The molecule has 2 aromatic carbocycles. The van der Waals surface area contributed by atoms with Crippen molar-refractivity contribution in [3.63, 3.8) is 0 Å². The van der Waals surface area contributed by atoms with Gasteiger partial charge in [0.2, 0.25) is 0 Å². The fraction of sp³-hybridized carbons (Fsp3) is 0.391. The molecule has 30 heavy (non-hydrogen) atoms. The Hall–Kier alpha value is -2.64. The monoisotopic (exact) mass is 425 g/mol. The predicted molar refractivity (Wildman–Crippen MR) is 127 cm³/mol. The summed E-state index contributed by atoms with van der Waals surface area (Å²) in [6.07, 6.45) is 2.36. The van der Waals surface area contributed by atoms with E-state index in [9.17, 15) is 4.79 Å². The molecule has 1 aliphatic rings. The van der Waals surface area contributed by atoms with E-state index in [0.717, 1.165) is 41.7 Å². The van der Waals surface area contributed by atoms with Crippen molar-refractivity contribution in [3.8, 4) is 0 Å². The second-order valence-electron chi connectivity index (χ2n) is 7.74. The summed E-state index contributed by atoms with van der Waals surface area (Å²) in [5, 5.41) is 8.52. The molecule has 1 fully saturated rings. The molecule has 0 bridgehead atoms. The number of piperidine rings is 1. The van der Waals surface area contributed by atoms with Gasteiger partial charge in [-0.3, -0.25) is 4.79 Å². The van der Waals surface area contributed by atoms with Crippen molar-refractivity contribution in [2.75, 3.05) is 37.7 Å². The molecule has 1 aromatic heterocycles. The topological polar surface area (TPSA) is 83.3 Å². The van der Waals surface area contributed by atoms with Gasteiger partial charge in [0.05, 0.1) is 5.51 Å². The smallest absolute Gasteiger partial charge is 0.265 e. The molecule has 1 amide bonds. The highest BCUT2D eigenvalue weighted by Gasteiger charge is 2.19. The number of hydrogen-bond acceptors (Lipinski definition) is 6. The van der Waals surface area contributed by atoms with Gasteiger partial charge in [-0.25, -0.2) is 4.98 Å². The fourth-order valence-electron chi connectivity index (χ4n) is 3.77. The number of likely N-dealkylation sites (tertiary alicyclic amines) is 1. The number of nitrogens with zero attached hydrogens (tertiary/aromatic N) is 2. The van der Waals surface area contributed by atoms with Gasteiger partial charge in [0.1, 0.15) is 10.7 Å². The summed E-state index contributed by atoms with van der Waals surface area (Å²) < 4.78 is 0. The number of amides is 1. The summed E-state index contributed by atoms with van der Waals surface area (Å²) in [6, 6.07) is 12.0. The van der Waals surface area contributed by atoms with Crippen molar-refractivity contribution in [2.45, 2.75) is 26.8 Å². The first-order valence-corrected chi connectivity index (χ1v) is 10.9. The van der Waals surface area contributed by atoms with Crippen LogP contribution in [0.5, 0.6) is 0 Å². The maximum absolute atomic E-state index is 12.7. The van der Waals surface area contributed by atoms with Crippen LogP contribution in [-0.4, -0.2) is 42.5 Å². The van der Waals surface area contributed by atoms with E-state index in [1.165, 1.54) is 24.2 Å². The highest BCUT2D eigenvalue weighted by Crippen LogP contribution is 2.23. The van der Waals surface area contributed by atoms with Crippen LogP contribution in [0.1, 0.15) is 35.5 Å². The van der Waals surface area contributed by atoms with Gasteiger partial charge < -0.3 is 21.3 Å². The molecule has 3 aromatic rings. The van der Waals surface area contributed by atoms with Crippen molar-refractivity contribution in [2.24, 2.45) is 5.92 Å². The van der Waals surface area contributed by atoms with Crippen molar-refractivity contribution < 1.29 is 4.79 Å². The van der Waals surface area contributed by atoms with Crippen molar-refractivity contribution in [3.05, 3.63) is 52.3 Å². The lowest BCUT2D eigenvalue weighted by Gasteiger charge is -2.29. The average molecular weight is 426 g/mol. The Bertz CT molecular complexity index is 994. The third-order valence-electron chi connectivity index (χ3n) is 5.60. The third kappa shape index (κ3) is 5.09. The zero-order chi connectivity index (χ0) is 20.2. The Morgan fingerprint density at radius 3 is 2.87 bits per heavy atom. The van der Waals surface area contributed by atoms with Gasteiger partial charge in [0.25, 0.3) is 5.91 Å². The number of nitrogens with two attached hydrogens (primary N) is 1. The molecule has 1 aliphatic heterocycles. The quantitative estimate of drug-likeness (QED) is 0.516. The van der Waals surface area contributed by atoms with Crippen LogP contribution in [0.2, 0.25) is 0 Å². The minimum absolute atomic E-state index is 0. The number of anilines is 2. The largest absolute Gasteiger partial charge is 0.398 e. The Morgan fingerprint density at radius 1 is 1.27 bits per heavy atom. The lowest BCUT2D eigenvalue weighted by molar-refractivity contribution is 0.0955. The molecule has 0 radical (unpaired) electrons. The van der Waals surface area contributed by atoms with Crippen LogP contribution in [0.15, 0.2) is 41.9 Å². The molecule has 1 saturated heterocycles. The summed E-state index contributed by atoms with van der Waals surface area (Å²) in [7, 11) is 2.16. The van der Waals surface area contributed by atoms with E-state index in [1.807, 2.05) is 30.3 Å². The minimum Gasteiger partial charge on any atom is -0.398 e. The molecule has 7 heteroatoms. The fourth-order valence-corrected chi connectivity index (χ4v) is 4.45. The molecule has 4 rings (SSSR count). The van der Waals surface area contributed by atoms with E-state index in [4.69, 9.17) is 5.73 Å². The molecule has 2 heterocycles. The first-order valence-electron chi connectivity index (χ1n) is 10.0. The van der Waals surface area contributed by atoms with Crippen molar-refractivity contribution in [1.29, 1.82) is 0 Å². The SMILES string of the molecule is C.CN1CCC(CNc2ncsc2C(=O)NCc2ccc3c(N)cccc3c2)CC1. The maximum atomic E-state index is 12.7. The number of hydrogen-bond donors (Lipinski definition) is 3. The Labute approximate surface area is 182 Å². The van der Waals surface area contributed by atoms with E-state index in [2.05, 4.69) is 33.6 Å². The molecule has 4 N–H and O–H groups in total. The molecule has 0 saturated carbocycles. The number of thiazole rings is 1. The van der Waals surface area contributed by atoms with E-state index in [1.54, 1.807) is 5.51 Å². The molecule has 0 unspecified atom stereocenters. The van der Waals surface area contributed by atoms with Crippen LogP contribution in [0, 0.1) is 5.92 Å². The van der Waals surface area contributed by atoms with Gasteiger partial charge in [-0.05, 0) is 62.0 Å². The summed E-state index contributed by atoms with van der Waals surface area (Å²) >= 11 is 1.37. The highest BCUT2D eigenvalue weighted by atomic mass is 32.1. The van der Waals surface area contributed by atoms with Gasteiger partial charge >= 0.3 is 0 Å². The molecule has 0 atom stereocenters. The van der Waals surface area contributed by atoms with Gasteiger partial charge in [0, 0.05) is 24.2 Å². The van der Waals surface area contributed by atoms with Gasteiger partial charge in [0.15, 0.2) is 0 Å². The van der Waals surface area contributed by atoms with E-state index in [0.29, 0.717) is 23.2 Å². The number of carbonyl (C=O) groups excluding carboxylic acids is 1. The minimum atomic E-state index is -0.0916. The Balaban J connectivity index is 0.00000256. The maximum Gasteiger partial charge on any atom is 0.265 e. The summed E-state index contributed by atoms with van der Waals surface area (Å²) in [5.74, 6) is 1.23. The van der Waals surface area contributed by atoms with Crippen molar-refractivity contribution in [1.82, 2.24) is 15.2 Å². The highest BCUT2D eigenvalue weighted by molar-refractivity contribution is 7.12. The summed E-state index contributed by atoms with van der Waals surface area (Å²) in [4.78, 5) is 20.1. The number of benzene rings is 2. The summed E-state index contributed by atoms with van der Waals surface area (Å²) in [5.41, 5.74) is 9.55. The molecule has 160 valence electrons. The number of rotatable bonds is 6. The number of nitrogens with one attached hydrogen (secondary N) is 2. The van der Waals surface area contributed by atoms with Crippen LogP contribution >= 0.6 is 11.3 Å². The molecular weight excluding hydrogens is 394 g/mol. The average Bonchev–Trinajstić information content (AvgIpc) is 3.20. The molecule has 0 spiro atoms. The van der Waals surface area contributed by atoms with Gasteiger partial charge in [-0.1, -0.05) is 31.7 Å². The van der Waals surface area contributed by atoms with E-state index >= 15 is 0 Å². The first-order chi connectivity index (χ1) is 14.1. The van der Waals surface area contributed by atoms with E-state index in [-0.39, 0.29) is 13.3 Å².